The van der Waals surface area contributed by atoms with Gasteiger partial charge in [0.05, 0.1) is 10.5 Å². The Kier molecular flexibility index (Phi) is 3.75. The minimum atomic E-state index is -3.87. The first-order valence-corrected chi connectivity index (χ1v) is 8.42. The van der Waals surface area contributed by atoms with E-state index in [0.717, 1.165) is 12.1 Å². The third-order valence-corrected chi connectivity index (χ3v) is 4.58. The lowest BCUT2D eigenvalue weighted by Crippen LogP contribution is -2.12. The molecule has 1 aromatic heterocycles. The van der Waals surface area contributed by atoms with Crippen molar-refractivity contribution in [1.82, 2.24) is 0 Å². The summed E-state index contributed by atoms with van der Waals surface area (Å²) in [6.07, 6.45) is 0. The predicted molar refractivity (Wildman–Crippen MR) is 87.6 cm³/mol. The van der Waals surface area contributed by atoms with Crippen LogP contribution in [0.15, 0.2) is 50.5 Å². The molecule has 1 heterocycles. The van der Waals surface area contributed by atoms with Gasteiger partial charge in [0, 0.05) is 12.1 Å². The molecule has 3 rings (SSSR count). The fourth-order valence-corrected chi connectivity index (χ4v) is 3.11. The zero-order chi connectivity index (χ0) is 17.6. The number of sulfonamides is 1. The van der Waals surface area contributed by atoms with Crippen LogP contribution in [-0.2, 0) is 10.0 Å². The summed E-state index contributed by atoms with van der Waals surface area (Å²) in [6.45, 7) is 0. The molecule has 0 saturated carbocycles. The molecule has 0 amide bonds. The Labute approximate surface area is 140 Å². The van der Waals surface area contributed by atoms with Crippen molar-refractivity contribution in [3.05, 3.63) is 51.8 Å². The lowest BCUT2D eigenvalue weighted by Gasteiger charge is -2.08. The van der Waals surface area contributed by atoms with Crippen molar-refractivity contribution in [2.75, 3.05) is 0 Å². The first kappa shape index (κ1) is 16.3. The van der Waals surface area contributed by atoms with E-state index >= 15 is 0 Å². The summed E-state index contributed by atoms with van der Waals surface area (Å²) in [4.78, 5) is 12.5. The minimum absolute atomic E-state index is 0.0499. The standard InChI is InChI=1S/C15H10ClNO6S/c16-15-12(7-1-3-9(4-2-7)24(17,21)22)14(20)13-10(19)5-8(18)6-11(13)23-15/h1-6,18-19H,(H2,17,21,22). The second-order valence-electron chi connectivity index (χ2n) is 4.99. The molecule has 0 bridgehead atoms. The van der Waals surface area contributed by atoms with Crippen LogP contribution in [-0.4, -0.2) is 18.6 Å². The van der Waals surface area contributed by atoms with Gasteiger partial charge < -0.3 is 14.6 Å². The van der Waals surface area contributed by atoms with Crippen molar-refractivity contribution in [3.8, 4) is 22.6 Å². The van der Waals surface area contributed by atoms with Crippen LogP contribution >= 0.6 is 11.6 Å². The van der Waals surface area contributed by atoms with Gasteiger partial charge >= 0.3 is 0 Å². The fourth-order valence-electron chi connectivity index (χ4n) is 2.31. The number of phenolic OH excluding ortho intramolecular Hbond substituents is 2. The molecular weight excluding hydrogens is 358 g/mol. The van der Waals surface area contributed by atoms with E-state index in [9.17, 15) is 23.4 Å². The van der Waals surface area contributed by atoms with E-state index in [-0.39, 0.29) is 38.0 Å². The van der Waals surface area contributed by atoms with Gasteiger partial charge in [-0.1, -0.05) is 12.1 Å². The van der Waals surface area contributed by atoms with Gasteiger partial charge in [0.15, 0.2) is 0 Å². The number of halogens is 1. The molecule has 0 saturated heterocycles. The first-order valence-electron chi connectivity index (χ1n) is 6.50. The van der Waals surface area contributed by atoms with E-state index in [2.05, 4.69) is 0 Å². The molecule has 0 atom stereocenters. The molecule has 9 heteroatoms. The van der Waals surface area contributed by atoms with E-state index < -0.39 is 21.2 Å². The molecule has 0 radical (unpaired) electrons. The average molecular weight is 368 g/mol. The van der Waals surface area contributed by atoms with Crippen LogP contribution in [0.2, 0.25) is 5.22 Å². The molecule has 0 spiro atoms. The number of primary sulfonamides is 1. The summed E-state index contributed by atoms with van der Waals surface area (Å²) < 4.78 is 27.9. The largest absolute Gasteiger partial charge is 0.508 e. The van der Waals surface area contributed by atoms with Gasteiger partial charge in [-0.25, -0.2) is 13.6 Å². The van der Waals surface area contributed by atoms with Crippen LogP contribution in [0, 0.1) is 0 Å². The number of rotatable bonds is 2. The third-order valence-electron chi connectivity index (χ3n) is 3.39. The third kappa shape index (κ3) is 2.71. The Balaban J connectivity index is 2.29. The van der Waals surface area contributed by atoms with E-state index in [1.54, 1.807) is 0 Å². The van der Waals surface area contributed by atoms with Gasteiger partial charge in [-0.15, -0.1) is 0 Å². The smallest absolute Gasteiger partial charge is 0.238 e. The topological polar surface area (TPSA) is 131 Å². The number of hydrogen-bond donors (Lipinski definition) is 3. The molecule has 24 heavy (non-hydrogen) atoms. The SMILES string of the molecule is NS(=O)(=O)c1ccc(-c2c(Cl)oc3cc(O)cc(O)c3c2=O)cc1. The number of fused-ring (bicyclic) bond motifs is 1. The van der Waals surface area contributed by atoms with Gasteiger partial charge in [-0.3, -0.25) is 4.79 Å². The maximum atomic E-state index is 12.6. The summed E-state index contributed by atoms with van der Waals surface area (Å²) >= 11 is 6.00. The van der Waals surface area contributed by atoms with Crippen molar-refractivity contribution in [2.24, 2.45) is 5.14 Å². The highest BCUT2D eigenvalue weighted by Gasteiger charge is 2.19. The van der Waals surface area contributed by atoms with Crippen LogP contribution in [0.25, 0.3) is 22.1 Å². The highest BCUT2D eigenvalue weighted by Crippen LogP contribution is 2.34. The first-order chi connectivity index (χ1) is 11.2. The lowest BCUT2D eigenvalue weighted by atomic mass is 10.1. The van der Waals surface area contributed by atoms with Crippen LogP contribution in [0.5, 0.6) is 11.5 Å². The van der Waals surface area contributed by atoms with Gasteiger partial charge in [0.2, 0.25) is 20.7 Å². The maximum Gasteiger partial charge on any atom is 0.238 e. The van der Waals surface area contributed by atoms with Gasteiger partial charge in [0.1, 0.15) is 22.5 Å². The van der Waals surface area contributed by atoms with Crippen molar-refractivity contribution < 1.29 is 23.0 Å². The molecule has 0 unspecified atom stereocenters. The van der Waals surface area contributed by atoms with Crippen molar-refractivity contribution in [2.45, 2.75) is 4.90 Å². The molecule has 0 aliphatic heterocycles. The number of aromatic hydroxyl groups is 2. The summed E-state index contributed by atoms with van der Waals surface area (Å²) in [7, 11) is -3.87. The number of hydrogen-bond acceptors (Lipinski definition) is 6. The zero-order valence-corrected chi connectivity index (χ0v) is 13.4. The molecule has 4 N–H and O–H groups in total. The Morgan fingerprint density at radius 3 is 2.29 bits per heavy atom. The van der Waals surface area contributed by atoms with Crippen LogP contribution in [0.4, 0.5) is 0 Å². The van der Waals surface area contributed by atoms with Gasteiger partial charge in [0.25, 0.3) is 0 Å². The summed E-state index contributed by atoms with van der Waals surface area (Å²) in [5.74, 6) is -0.748. The molecule has 0 aliphatic rings. The Morgan fingerprint density at radius 2 is 1.71 bits per heavy atom. The highest BCUT2D eigenvalue weighted by molar-refractivity contribution is 7.89. The van der Waals surface area contributed by atoms with E-state index in [0.29, 0.717) is 0 Å². The number of phenols is 2. The monoisotopic (exact) mass is 367 g/mol. The second kappa shape index (κ2) is 5.52. The van der Waals surface area contributed by atoms with Gasteiger partial charge in [-0.05, 0) is 29.3 Å². The molecule has 0 aliphatic carbocycles. The van der Waals surface area contributed by atoms with Crippen molar-refractivity contribution >= 4 is 32.6 Å². The van der Waals surface area contributed by atoms with Crippen molar-refractivity contribution in [3.63, 3.8) is 0 Å². The maximum absolute atomic E-state index is 12.6. The average Bonchev–Trinajstić information content (AvgIpc) is 2.45. The van der Waals surface area contributed by atoms with E-state index in [1.165, 1.54) is 24.3 Å². The molecule has 0 fully saturated rings. The molecule has 2 aromatic carbocycles. The Hall–Kier alpha value is -2.55. The van der Waals surface area contributed by atoms with Crippen LogP contribution < -0.4 is 10.6 Å². The fraction of sp³-hybridized carbons (Fsp3) is 0. The Bertz CT molecular complexity index is 1120. The summed E-state index contributed by atoms with van der Waals surface area (Å²) in [5.41, 5.74) is -0.462. The van der Waals surface area contributed by atoms with E-state index in [4.69, 9.17) is 21.2 Å². The van der Waals surface area contributed by atoms with Crippen molar-refractivity contribution in [1.29, 1.82) is 0 Å². The number of benzene rings is 2. The quantitative estimate of drug-likeness (QED) is 0.636. The molecular formula is C15H10ClNO6S. The molecule has 124 valence electrons. The molecule has 7 nitrogen and oxygen atoms in total. The van der Waals surface area contributed by atoms with Crippen LogP contribution in [0.1, 0.15) is 0 Å². The Morgan fingerprint density at radius 1 is 1.08 bits per heavy atom. The van der Waals surface area contributed by atoms with Gasteiger partial charge in [-0.2, -0.15) is 0 Å². The normalized spacial score (nSPS) is 11.8. The predicted octanol–water partition coefficient (Wildman–Crippen LogP) is 2.17. The zero-order valence-electron chi connectivity index (χ0n) is 11.9. The summed E-state index contributed by atoms with van der Waals surface area (Å²) in [6, 6.07) is 7.29. The van der Waals surface area contributed by atoms with E-state index in [1.807, 2.05) is 0 Å². The highest BCUT2D eigenvalue weighted by atomic mass is 35.5. The molecule has 3 aromatic rings. The lowest BCUT2D eigenvalue weighted by molar-refractivity contribution is 0.452. The second-order valence-corrected chi connectivity index (χ2v) is 6.89. The number of nitrogens with two attached hydrogens (primary N) is 1. The summed E-state index contributed by atoms with van der Waals surface area (Å²) in [5, 5.41) is 23.9. The minimum Gasteiger partial charge on any atom is -0.508 e. The van der Waals surface area contributed by atoms with Crippen LogP contribution in [0.3, 0.4) is 0 Å².